The maximum atomic E-state index is 4.42. The van der Waals surface area contributed by atoms with E-state index in [4.69, 9.17) is 0 Å². The lowest BCUT2D eigenvalue weighted by molar-refractivity contribution is 0.513. The maximum absolute atomic E-state index is 4.42. The van der Waals surface area contributed by atoms with Crippen molar-refractivity contribution in [1.82, 2.24) is 10.3 Å². The van der Waals surface area contributed by atoms with Gasteiger partial charge in [0.1, 0.15) is 0 Å². The highest BCUT2D eigenvalue weighted by Gasteiger charge is 2.19. The van der Waals surface area contributed by atoms with Crippen LogP contribution in [0.25, 0.3) is 0 Å². The summed E-state index contributed by atoms with van der Waals surface area (Å²) >= 11 is 3.78. The predicted molar refractivity (Wildman–Crippen MR) is 83.1 cm³/mol. The van der Waals surface area contributed by atoms with Gasteiger partial charge in [0.25, 0.3) is 0 Å². The van der Waals surface area contributed by atoms with Gasteiger partial charge in [-0.15, -0.1) is 23.1 Å². The van der Waals surface area contributed by atoms with E-state index in [1.54, 1.807) is 11.3 Å². The Morgan fingerprint density at radius 3 is 3.11 bits per heavy atom. The molecule has 1 N–H and O–H groups in total. The summed E-state index contributed by atoms with van der Waals surface area (Å²) < 4.78 is 0. The number of aromatic nitrogens is 1. The van der Waals surface area contributed by atoms with E-state index in [0.29, 0.717) is 6.04 Å². The van der Waals surface area contributed by atoms with E-state index < -0.39 is 0 Å². The molecular formula is C15H18N2S2. The van der Waals surface area contributed by atoms with Crippen molar-refractivity contribution >= 4 is 23.1 Å². The van der Waals surface area contributed by atoms with Crippen LogP contribution in [0.15, 0.2) is 35.4 Å². The molecule has 2 nitrogen and oxygen atoms in total. The van der Waals surface area contributed by atoms with Gasteiger partial charge in [-0.05, 0) is 30.7 Å². The molecule has 1 aliphatic rings. The van der Waals surface area contributed by atoms with Crippen LogP contribution in [-0.2, 0) is 6.42 Å². The molecule has 0 saturated carbocycles. The van der Waals surface area contributed by atoms with Gasteiger partial charge in [-0.25, -0.2) is 4.98 Å². The third-order valence-electron chi connectivity index (χ3n) is 3.36. The summed E-state index contributed by atoms with van der Waals surface area (Å²) in [4.78, 5) is 7.16. The monoisotopic (exact) mass is 290 g/mol. The van der Waals surface area contributed by atoms with Gasteiger partial charge in [-0.1, -0.05) is 18.2 Å². The molecule has 0 fully saturated rings. The van der Waals surface area contributed by atoms with Crippen LogP contribution < -0.4 is 5.32 Å². The van der Waals surface area contributed by atoms with Gasteiger partial charge in [-0.3, -0.25) is 0 Å². The molecule has 2 aromatic rings. The summed E-state index contributed by atoms with van der Waals surface area (Å²) in [6.45, 7) is 3.12. The van der Waals surface area contributed by atoms with Crippen molar-refractivity contribution in [2.24, 2.45) is 0 Å². The van der Waals surface area contributed by atoms with Crippen LogP contribution >= 0.6 is 23.1 Å². The Hall–Kier alpha value is -0.840. The number of aryl methyl sites for hydroxylation is 1. The number of rotatable bonds is 4. The Balaban J connectivity index is 1.59. The highest BCUT2D eigenvalue weighted by atomic mass is 32.2. The Morgan fingerprint density at radius 2 is 2.26 bits per heavy atom. The van der Waals surface area contributed by atoms with Crippen LogP contribution in [0.5, 0.6) is 0 Å². The van der Waals surface area contributed by atoms with Crippen LogP contribution in [0.4, 0.5) is 0 Å². The summed E-state index contributed by atoms with van der Waals surface area (Å²) in [5.74, 6) is 1.21. The molecule has 0 bridgehead atoms. The molecule has 1 aromatic heterocycles. The van der Waals surface area contributed by atoms with Gasteiger partial charge in [0.2, 0.25) is 0 Å². The number of thioether (sulfide) groups is 1. The molecule has 0 amide bonds. The van der Waals surface area contributed by atoms with Crippen LogP contribution in [0.1, 0.15) is 27.9 Å². The molecule has 0 aliphatic carbocycles. The predicted octanol–water partition coefficient (Wildman–Crippen LogP) is 3.82. The van der Waals surface area contributed by atoms with Gasteiger partial charge < -0.3 is 5.32 Å². The fraction of sp³-hybridized carbons (Fsp3) is 0.400. The lowest BCUT2D eigenvalue weighted by Crippen LogP contribution is -2.26. The summed E-state index contributed by atoms with van der Waals surface area (Å²) in [6, 6.07) is 9.28. The normalized spacial score (nSPS) is 18.3. The van der Waals surface area contributed by atoms with E-state index in [9.17, 15) is 0 Å². The SMILES string of the molecule is Cc1cnc(CCN[C@@H]2CCSc3ccccc32)s1. The zero-order valence-electron chi connectivity index (χ0n) is 11.1. The summed E-state index contributed by atoms with van der Waals surface area (Å²) in [5.41, 5.74) is 1.47. The standard InChI is InChI=1S/C15H18N2S2/c1-11-10-17-15(19-11)6-8-16-13-7-9-18-14-5-3-2-4-12(13)14/h2-5,10,13,16H,6-9H2,1H3/t13-/m1/s1. The lowest BCUT2D eigenvalue weighted by Gasteiger charge is -2.25. The quantitative estimate of drug-likeness (QED) is 0.926. The van der Waals surface area contributed by atoms with Crippen molar-refractivity contribution in [3.63, 3.8) is 0 Å². The second-order valence-corrected chi connectivity index (χ2v) is 7.25. The molecule has 19 heavy (non-hydrogen) atoms. The number of thiazole rings is 1. The fourth-order valence-electron chi connectivity index (χ4n) is 2.42. The molecule has 3 rings (SSSR count). The molecule has 2 heterocycles. The molecule has 1 atom stereocenters. The Morgan fingerprint density at radius 1 is 1.37 bits per heavy atom. The van der Waals surface area contributed by atoms with Gasteiger partial charge in [-0.2, -0.15) is 0 Å². The smallest absolute Gasteiger partial charge is 0.0940 e. The number of benzene rings is 1. The second kappa shape index (κ2) is 6.07. The van der Waals surface area contributed by atoms with E-state index in [-0.39, 0.29) is 0 Å². The average molecular weight is 290 g/mol. The first-order valence-corrected chi connectivity index (χ1v) is 8.49. The Bertz CT molecular complexity index is 551. The van der Waals surface area contributed by atoms with Crippen LogP contribution in [0, 0.1) is 6.92 Å². The summed E-state index contributed by atoms with van der Waals surface area (Å²) in [6.07, 6.45) is 4.22. The van der Waals surface area contributed by atoms with Crippen molar-refractivity contribution < 1.29 is 0 Å². The number of hydrogen-bond donors (Lipinski definition) is 1. The van der Waals surface area contributed by atoms with Crippen LogP contribution in [0.3, 0.4) is 0 Å². The van der Waals surface area contributed by atoms with E-state index in [1.807, 2.05) is 18.0 Å². The zero-order chi connectivity index (χ0) is 13.1. The van der Waals surface area contributed by atoms with Crippen molar-refractivity contribution in [3.8, 4) is 0 Å². The van der Waals surface area contributed by atoms with Crippen molar-refractivity contribution in [2.45, 2.75) is 30.7 Å². The molecule has 4 heteroatoms. The maximum Gasteiger partial charge on any atom is 0.0940 e. The summed E-state index contributed by atoms with van der Waals surface area (Å²) in [7, 11) is 0. The van der Waals surface area contributed by atoms with Crippen LogP contribution in [0.2, 0.25) is 0 Å². The van der Waals surface area contributed by atoms with E-state index >= 15 is 0 Å². The van der Waals surface area contributed by atoms with E-state index in [0.717, 1.165) is 13.0 Å². The minimum atomic E-state index is 0.513. The van der Waals surface area contributed by atoms with E-state index in [2.05, 4.69) is 41.5 Å². The lowest BCUT2D eigenvalue weighted by atomic mass is 10.0. The molecule has 0 radical (unpaired) electrons. The number of fused-ring (bicyclic) bond motifs is 1. The average Bonchev–Trinajstić information content (AvgIpc) is 2.85. The van der Waals surface area contributed by atoms with E-state index in [1.165, 1.54) is 32.5 Å². The van der Waals surface area contributed by atoms with Gasteiger partial charge in [0, 0.05) is 35.0 Å². The van der Waals surface area contributed by atoms with Crippen molar-refractivity contribution in [2.75, 3.05) is 12.3 Å². The summed E-state index contributed by atoms with van der Waals surface area (Å²) in [5, 5.41) is 4.93. The molecular weight excluding hydrogens is 272 g/mol. The van der Waals surface area contributed by atoms with Crippen molar-refractivity contribution in [1.29, 1.82) is 0 Å². The first-order chi connectivity index (χ1) is 9.33. The molecule has 100 valence electrons. The number of hydrogen-bond acceptors (Lipinski definition) is 4. The minimum Gasteiger partial charge on any atom is -0.309 e. The zero-order valence-corrected chi connectivity index (χ0v) is 12.7. The second-order valence-electron chi connectivity index (χ2n) is 4.80. The van der Waals surface area contributed by atoms with Crippen LogP contribution in [-0.4, -0.2) is 17.3 Å². The third-order valence-corrected chi connectivity index (χ3v) is 5.45. The Kier molecular flexibility index (Phi) is 4.21. The van der Waals surface area contributed by atoms with Gasteiger partial charge >= 0.3 is 0 Å². The highest BCUT2D eigenvalue weighted by molar-refractivity contribution is 7.99. The minimum absolute atomic E-state index is 0.513. The van der Waals surface area contributed by atoms with Crippen molar-refractivity contribution in [3.05, 3.63) is 45.9 Å². The third kappa shape index (κ3) is 3.19. The number of nitrogens with one attached hydrogen (secondary N) is 1. The topological polar surface area (TPSA) is 24.9 Å². The van der Waals surface area contributed by atoms with Gasteiger partial charge in [0.15, 0.2) is 0 Å². The molecule has 1 aromatic carbocycles. The molecule has 0 spiro atoms. The number of nitrogens with zero attached hydrogens (tertiary/aromatic N) is 1. The molecule has 0 unspecified atom stereocenters. The first kappa shape index (κ1) is 13.2. The molecule has 0 saturated heterocycles. The molecule has 1 aliphatic heterocycles. The fourth-order valence-corrected chi connectivity index (χ4v) is 4.34. The largest absolute Gasteiger partial charge is 0.309 e. The Labute approximate surface area is 122 Å². The van der Waals surface area contributed by atoms with Gasteiger partial charge in [0.05, 0.1) is 5.01 Å². The first-order valence-electron chi connectivity index (χ1n) is 6.69. The highest BCUT2D eigenvalue weighted by Crippen LogP contribution is 2.35.